The Hall–Kier alpha value is -2.78. The second-order valence-electron chi connectivity index (χ2n) is 8.45. The Kier molecular flexibility index (Phi) is 8.20. The van der Waals surface area contributed by atoms with Crippen LogP contribution in [0.1, 0.15) is 43.7 Å². The molecule has 1 fully saturated rings. The molecular weight excluding hydrogens is 444 g/mol. The lowest BCUT2D eigenvalue weighted by atomic mass is 9.82. The number of sulfonamides is 1. The lowest BCUT2D eigenvalue weighted by Gasteiger charge is -2.32. The Bertz CT molecular complexity index is 1090. The van der Waals surface area contributed by atoms with Crippen molar-refractivity contribution in [3.63, 3.8) is 0 Å². The number of esters is 1. The molecule has 1 aliphatic rings. The number of benzene rings is 2. The smallest absolute Gasteiger partial charge is 0.308 e. The van der Waals surface area contributed by atoms with Gasteiger partial charge in [-0.1, -0.05) is 30.3 Å². The fraction of sp³-hybridized carbons (Fsp3) is 0.458. The highest BCUT2D eigenvalue weighted by Crippen LogP contribution is 2.32. The molecule has 0 atom stereocenters. The van der Waals surface area contributed by atoms with E-state index in [9.17, 15) is 23.3 Å². The number of nitro benzene ring substituents is 1. The van der Waals surface area contributed by atoms with Crippen molar-refractivity contribution >= 4 is 21.7 Å². The summed E-state index contributed by atoms with van der Waals surface area (Å²) in [6.07, 6.45) is 2.77. The molecule has 0 heterocycles. The van der Waals surface area contributed by atoms with Gasteiger partial charge in [-0.2, -0.15) is 4.31 Å². The maximum absolute atomic E-state index is 13.6. The number of carbonyl (C=O) groups is 1. The van der Waals surface area contributed by atoms with Crippen LogP contribution in [0.15, 0.2) is 53.4 Å². The Morgan fingerprint density at radius 1 is 1.12 bits per heavy atom. The molecule has 0 saturated heterocycles. The molecule has 1 saturated carbocycles. The summed E-state index contributed by atoms with van der Waals surface area (Å²) >= 11 is 0. The molecule has 0 radical (unpaired) electrons. The average molecular weight is 475 g/mol. The zero-order valence-corrected chi connectivity index (χ0v) is 19.8. The van der Waals surface area contributed by atoms with Crippen molar-refractivity contribution in [2.45, 2.75) is 51.0 Å². The van der Waals surface area contributed by atoms with Crippen LogP contribution in [0.2, 0.25) is 0 Å². The normalized spacial score (nSPS) is 18.8. The summed E-state index contributed by atoms with van der Waals surface area (Å²) in [5.74, 6) is -0.232. The molecule has 178 valence electrons. The first-order chi connectivity index (χ1) is 15.7. The highest BCUT2D eigenvalue weighted by molar-refractivity contribution is 7.89. The van der Waals surface area contributed by atoms with E-state index >= 15 is 0 Å². The van der Waals surface area contributed by atoms with Gasteiger partial charge in [-0.15, -0.1) is 0 Å². The molecule has 0 unspecified atom stereocenters. The highest BCUT2D eigenvalue weighted by Gasteiger charge is 2.32. The first-order valence-corrected chi connectivity index (χ1v) is 12.6. The minimum Gasteiger partial charge on any atom is -0.466 e. The van der Waals surface area contributed by atoms with Gasteiger partial charge in [0.05, 0.1) is 22.3 Å². The Morgan fingerprint density at radius 3 is 2.45 bits per heavy atom. The summed E-state index contributed by atoms with van der Waals surface area (Å²) in [7, 11) is -3.97. The van der Waals surface area contributed by atoms with Crippen molar-refractivity contribution in [3.05, 3.63) is 69.8 Å². The van der Waals surface area contributed by atoms with E-state index < -0.39 is 14.9 Å². The summed E-state index contributed by atoms with van der Waals surface area (Å²) in [5.41, 5.74) is 1.59. The molecule has 0 N–H and O–H groups in total. The number of ether oxygens (including phenoxy) is 1. The number of non-ortho nitro benzene ring substituents is 1. The molecule has 8 nitrogen and oxygen atoms in total. The van der Waals surface area contributed by atoms with Gasteiger partial charge in [-0.25, -0.2) is 8.42 Å². The van der Waals surface area contributed by atoms with Crippen molar-refractivity contribution in [3.8, 4) is 0 Å². The fourth-order valence-corrected chi connectivity index (χ4v) is 5.80. The maximum Gasteiger partial charge on any atom is 0.308 e. The summed E-state index contributed by atoms with van der Waals surface area (Å²) < 4.78 is 33.7. The Balaban J connectivity index is 1.84. The Labute approximate surface area is 194 Å². The molecule has 0 bridgehead atoms. The Morgan fingerprint density at radius 2 is 1.82 bits per heavy atom. The predicted octanol–water partition coefficient (Wildman–Crippen LogP) is 4.46. The standard InChI is InChI=1S/C24H30N2O6S/c1-3-32-24(27)20-13-11-19(12-14-20)16-25(17-21-8-5-4-7-18(21)2)33(30,31)23-10-6-9-22(15-23)26(28)29/h4-10,15,19-20H,3,11-14,16-17H2,1-2H3. The third-order valence-corrected chi connectivity index (χ3v) is 8.01. The molecule has 0 amide bonds. The van der Waals surface area contributed by atoms with Crippen molar-refractivity contribution in [2.24, 2.45) is 11.8 Å². The van der Waals surface area contributed by atoms with Crippen LogP contribution in [0.5, 0.6) is 0 Å². The third-order valence-electron chi connectivity index (χ3n) is 6.20. The van der Waals surface area contributed by atoms with Crippen LogP contribution >= 0.6 is 0 Å². The maximum atomic E-state index is 13.6. The number of hydrogen-bond donors (Lipinski definition) is 0. The minimum absolute atomic E-state index is 0.0909. The van der Waals surface area contributed by atoms with Gasteiger partial charge in [0.2, 0.25) is 10.0 Å². The summed E-state index contributed by atoms with van der Waals surface area (Å²) in [4.78, 5) is 22.6. The molecule has 2 aromatic rings. The molecule has 2 aromatic carbocycles. The van der Waals surface area contributed by atoms with Gasteiger partial charge in [0.1, 0.15) is 0 Å². The number of nitro groups is 1. The second-order valence-corrected chi connectivity index (χ2v) is 10.4. The van der Waals surface area contributed by atoms with Gasteiger partial charge in [0, 0.05) is 25.2 Å². The first kappa shape index (κ1) is 24.9. The third kappa shape index (κ3) is 6.17. The predicted molar refractivity (Wildman–Crippen MR) is 124 cm³/mol. The van der Waals surface area contributed by atoms with E-state index in [0.717, 1.165) is 30.0 Å². The average Bonchev–Trinajstić information content (AvgIpc) is 2.80. The van der Waals surface area contributed by atoms with Crippen molar-refractivity contribution in [1.82, 2.24) is 4.31 Å². The van der Waals surface area contributed by atoms with Crippen molar-refractivity contribution < 1.29 is 22.9 Å². The molecular formula is C24H30N2O6S. The van der Waals surface area contributed by atoms with Crippen molar-refractivity contribution in [2.75, 3.05) is 13.2 Å². The zero-order chi connectivity index (χ0) is 24.0. The van der Waals surface area contributed by atoms with Crippen LogP contribution in [-0.4, -0.2) is 36.8 Å². The summed E-state index contributed by atoms with van der Waals surface area (Å²) in [5, 5.41) is 11.2. The molecule has 0 aliphatic heterocycles. The van der Waals surface area contributed by atoms with Gasteiger partial charge < -0.3 is 4.74 Å². The van der Waals surface area contributed by atoms with E-state index in [0.29, 0.717) is 19.4 Å². The van der Waals surface area contributed by atoms with E-state index in [-0.39, 0.29) is 41.5 Å². The lowest BCUT2D eigenvalue weighted by Crippen LogP contribution is -2.37. The fourth-order valence-electron chi connectivity index (χ4n) is 4.26. The largest absolute Gasteiger partial charge is 0.466 e. The van der Waals surface area contributed by atoms with E-state index in [1.807, 2.05) is 31.2 Å². The van der Waals surface area contributed by atoms with Crippen LogP contribution in [0.25, 0.3) is 0 Å². The van der Waals surface area contributed by atoms with Crippen molar-refractivity contribution in [1.29, 1.82) is 0 Å². The number of nitrogens with zero attached hydrogens (tertiary/aromatic N) is 2. The first-order valence-electron chi connectivity index (χ1n) is 11.2. The monoisotopic (exact) mass is 474 g/mol. The van der Waals surface area contributed by atoms with Gasteiger partial charge in [0.25, 0.3) is 5.69 Å². The van der Waals surface area contributed by atoms with Crippen LogP contribution in [0.3, 0.4) is 0 Å². The SMILES string of the molecule is CCOC(=O)C1CCC(CN(Cc2ccccc2C)S(=O)(=O)c2cccc([N+](=O)[O-])c2)CC1. The quantitative estimate of drug-likeness (QED) is 0.302. The number of hydrogen-bond acceptors (Lipinski definition) is 6. The van der Waals surface area contributed by atoms with Crippen LogP contribution in [0, 0.1) is 28.9 Å². The summed E-state index contributed by atoms with van der Waals surface area (Å²) in [6.45, 7) is 4.53. The number of carbonyl (C=O) groups excluding carboxylic acids is 1. The number of aryl methyl sites for hydroxylation is 1. The summed E-state index contributed by atoms with van der Waals surface area (Å²) in [6, 6.07) is 12.8. The molecule has 0 aromatic heterocycles. The topological polar surface area (TPSA) is 107 Å². The van der Waals surface area contributed by atoms with Gasteiger partial charge in [0.15, 0.2) is 0 Å². The zero-order valence-electron chi connectivity index (χ0n) is 19.0. The molecule has 9 heteroatoms. The van der Waals surface area contributed by atoms with E-state index in [2.05, 4.69) is 0 Å². The van der Waals surface area contributed by atoms with E-state index in [1.54, 1.807) is 6.92 Å². The van der Waals surface area contributed by atoms with Gasteiger partial charge in [-0.3, -0.25) is 14.9 Å². The lowest BCUT2D eigenvalue weighted by molar-refractivity contribution is -0.385. The van der Waals surface area contributed by atoms with E-state index in [1.165, 1.54) is 22.5 Å². The molecule has 1 aliphatic carbocycles. The number of rotatable bonds is 9. The van der Waals surface area contributed by atoms with Gasteiger partial charge >= 0.3 is 5.97 Å². The second kappa shape index (κ2) is 10.9. The molecule has 33 heavy (non-hydrogen) atoms. The molecule has 3 rings (SSSR count). The van der Waals surface area contributed by atoms with Crippen LogP contribution < -0.4 is 0 Å². The van der Waals surface area contributed by atoms with Crippen LogP contribution in [0.4, 0.5) is 5.69 Å². The van der Waals surface area contributed by atoms with Crippen LogP contribution in [-0.2, 0) is 26.1 Å². The minimum atomic E-state index is -3.97. The van der Waals surface area contributed by atoms with Gasteiger partial charge in [-0.05, 0) is 62.6 Å². The van der Waals surface area contributed by atoms with E-state index in [4.69, 9.17) is 4.74 Å². The highest BCUT2D eigenvalue weighted by atomic mass is 32.2. The molecule has 0 spiro atoms.